The third-order valence-electron chi connectivity index (χ3n) is 2.63. The van der Waals surface area contributed by atoms with E-state index < -0.39 is 4.92 Å². The number of rotatable bonds is 2. The van der Waals surface area contributed by atoms with Crippen LogP contribution < -0.4 is 0 Å². The molecule has 0 amide bonds. The number of fused-ring (bicyclic) bond motifs is 1. The van der Waals surface area contributed by atoms with Crippen LogP contribution in [0.5, 0.6) is 0 Å². The Hall–Kier alpha value is -1.99. The van der Waals surface area contributed by atoms with Gasteiger partial charge in [0.25, 0.3) is 5.69 Å². The molecular formula is C12H5BrClN3O3. The number of halogens is 2. The second-order valence-corrected chi connectivity index (χ2v) is 5.17. The Morgan fingerprint density at radius 1 is 1.40 bits per heavy atom. The van der Waals surface area contributed by atoms with Crippen molar-refractivity contribution in [3.8, 4) is 11.5 Å². The van der Waals surface area contributed by atoms with Gasteiger partial charge in [-0.2, -0.15) is 0 Å². The lowest BCUT2D eigenvalue weighted by Crippen LogP contribution is -1.88. The zero-order valence-corrected chi connectivity index (χ0v) is 12.1. The summed E-state index contributed by atoms with van der Waals surface area (Å²) in [7, 11) is 0. The standard InChI is InChI=1S/C12H5BrClN3O3/c13-6-4-7(11(14)15-5-6)12-16-10-8(17(18)19)2-1-3-9(10)20-12/h1-5H. The minimum Gasteiger partial charge on any atom is -0.436 e. The molecule has 0 aliphatic carbocycles. The lowest BCUT2D eigenvalue weighted by atomic mass is 10.3. The van der Waals surface area contributed by atoms with E-state index in [0.29, 0.717) is 15.6 Å². The van der Waals surface area contributed by atoms with Gasteiger partial charge >= 0.3 is 0 Å². The van der Waals surface area contributed by atoms with Crippen LogP contribution in [0.3, 0.4) is 0 Å². The van der Waals surface area contributed by atoms with Crippen LogP contribution in [0.4, 0.5) is 5.69 Å². The van der Waals surface area contributed by atoms with Crippen molar-refractivity contribution in [2.24, 2.45) is 0 Å². The first-order chi connectivity index (χ1) is 9.56. The Morgan fingerprint density at radius 2 is 2.20 bits per heavy atom. The van der Waals surface area contributed by atoms with E-state index in [1.807, 2.05) is 0 Å². The maximum absolute atomic E-state index is 11.0. The van der Waals surface area contributed by atoms with Gasteiger partial charge in [-0.3, -0.25) is 10.1 Å². The van der Waals surface area contributed by atoms with E-state index in [4.69, 9.17) is 16.0 Å². The second kappa shape index (κ2) is 4.84. The number of hydrogen-bond acceptors (Lipinski definition) is 5. The van der Waals surface area contributed by atoms with Crippen molar-refractivity contribution < 1.29 is 9.34 Å². The maximum Gasteiger partial charge on any atom is 0.298 e. The van der Waals surface area contributed by atoms with Gasteiger partial charge in [0, 0.05) is 16.7 Å². The van der Waals surface area contributed by atoms with Crippen molar-refractivity contribution in [3.05, 3.63) is 50.2 Å². The zero-order valence-electron chi connectivity index (χ0n) is 9.71. The molecule has 0 aliphatic heterocycles. The second-order valence-electron chi connectivity index (χ2n) is 3.89. The SMILES string of the molecule is O=[N+]([O-])c1cccc2oc(-c3cc(Br)cnc3Cl)nc12. The van der Waals surface area contributed by atoms with E-state index in [0.717, 1.165) is 0 Å². The summed E-state index contributed by atoms with van der Waals surface area (Å²) in [6, 6.07) is 6.20. The third kappa shape index (κ3) is 2.14. The van der Waals surface area contributed by atoms with E-state index in [-0.39, 0.29) is 22.2 Å². The van der Waals surface area contributed by atoms with Crippen LogP contribution in [0.15, 0.2) is 39.4 Å². The molecule has 8 heteroatoms. The molecule has 0 atom stereocenters. The van der Waals surface area contributed by atoms with Gasteiger partial charge in [-0.15, -0.1) is 0 Å². The number of oxazole rings is 1. The Balaban J connectivity index is 2.26. The summed E-state index contributed by atoms with van der Waals surface area (Å²) in [4.78, 5) is 18.6. The molecule has 0 N–H and O–H groups in total. The number of nitrogens with zero attached hydrogens (tertiary/aromatic N) is 3. The van der Waals surface area contributed by atoms with Gasteiger partial charge in [-0.05, 0) is 28.1 Å². The Kier molecular flexibility index (Phi) is 3.15. The van der Waals surface area contributed by atoms with E-state index in [9.17, 15) is 10.1 Å². The van der Waals surface area contributed by atoms with Gasteiger partial charge < -0.3 is 4.42 Å². The Bertz CT molecular complexity index is 834. The number of benzene rings is 1. The van der Waals surface area contributed by atoms with Gasteiger partial charge in [0.15, 0.2) is 11.1 Å². The lowest BCUT2D eigenvalue weighted by molar-refractivity contribution is -0.383. The Labute approximate surface area is 125 Å². The highest BCUT2D eigenvalue weighted by Crippen LogP contribution is 2.33. The predicted octanol–water partition coefficient (Wildman–Crippen LogP) is 4.21. The quantitative estimate of drug-likeness (QED) is 0.391. The Morgan fingerprint density at radius 3 is 2.95 bits per heavy atom. The summed E-state index contributed by atoms with van der Waals surface area (Å²) in [5, 5.41) is 11.2. The van der Waals surface area contributed by atoms with Gasteiger partial charge in [0.1, 0.15) is 5.15 Å². The van der Waals surface area contributed by atoms with Crippen molar-refractivity contribution >= 4 is 44.3 Å². The van der Waals surface area contributed by atoms with Gasteiger partial charge in [-0.25, -0.2) is 9.97 Å². The number of nitro benzene ring substituents is 1. The molecule has 6 nitrogen and oxygen atoms in total. The van der Waals surface area contributed by atoms with Gasteiger partial charge in [0.2, 0.25) is 5.89 Å². The van der Waals surface area contributed by atoms with Crippen LogP contribution in [-0.2, 0) is 0 Å². The number of aromatic nitrogens is 2. The number of nitro groups is 1. The lowest BCUT2D eigenvalue weighted by Gasteiger charge is -1.98. The summed E-state index contributed by atoms with van der Waals surface area (Å²) in [6.07, 6.45) is 1.54. The fraction of sp³-hybridized carbons (Fsp3) is 0. The van der Waals surface area contributed by atoms with Crippen molar-refractivity contribution in [1.29, 1.82) is 0 Å². The molecule has 3 rings (SSSR count). The minimum atomic E-state index is -0.505. The molecule has 0 aliphatic rings. The fourth-order valence-electron chi connectivity index (χ4n) is 1.77. The van der Waals surface area contributed by atoms with E-state index in [1.165, 1.54) is 18.3 Å². The van der Waals surface area contributed by atoms with Crippen LogP contribution in [0.1, 0.15) is 0 Å². The molecule has 0 saturated carbocycles. The van der Waals surface area contributed by atoms with Crippen molar-refractivity contribution in [3.63, 3.8) is 0 Å². The fourth-order valence-corrected chi connectivity index (χ4v) is 2.28. The van der Waals surface area contributed by atoms with Crippen LogP contribution in [0, 0.1) is 10.1 Å². The molecule has 0 bridgehead atoms. The van der Waals surface area contributed by atoms with Crippen molar-refractivity contribution in [2.45, 2.75) is 0 Å². The predicted molar refractivity (Wildman–Crippen MR) is 76.6 cm³/mol. The summed E-state index contributed by atoms with van der Waals surface area (Å²) in [5.74, 6) is 0.188. The summed E-state index contributed by atoms with van der Waals surface area (Å²) in [5.41, 5.74) is 0.858. The van der Waals surface area contributed by atoms with Crippen LogP contribution in [0.25, 0.3) is 22.6 Å². The van der Waals surface area contributed by atoms with E-state index in [2.05, 4.69) is 25.9 Å². The van der Waals surface area contributed by atoms with Gasteiger partial charge in [0.05, 0.1) is 10.5 Å². The van der Waals surface area contributed by atoms with Crippen LogP contribution >= 0.6 is 27.5 Å². The highest BCUT2D eigenvalue weighted by molar-refractivity contribution is 9.10. The van der Waals surface area contributed by atoms with Crippen molar-refractivity contribution in [2.75, 3.05) is 0 Å². The molecule has 3 aromatic rings. The van der Waals surface area contributed by atoms with Gasteiger partial charge in [-0.1, -0.05) is 17.7 Å². The van der Waals surface area contributed by atoms with Crippen molar-refractivity contribution in [1.82, 2.24) is 9.97 Å². The molecule has 0 fully saturated rings. The average Bonchev–Trinajstić information content (AvgIpc) is 2.84. The summed E-state index contributed by atoms with van der Waals surface area (Å²) < 4.78 is 6.22. The number of para-hydroxylation sites is 1. The molecule has 20 heavy (non-hydrogen) atoms. The molecule has 2 heterocycles. The monoisotopic (exact) mass is 353 g/mol. The highest BCUT2D eigenvalue weighted by atomic mass is 79.9. The summed E-state index contributed by atoms with van der Waals surface area (Å²) >= 11 is 9.27. The molecule has 100 valence electrons. The maximum atomic E-state index is 11.0. The first-order valence-electron chi connectivity index (χ1n) is 5.41. The first-order valence-corrected chi connectivity index (χ1v) is 6.58. The molecule has 0 spiro atoms. The molecule has 1 aromatic carbocycles. The molecule has 0 radical (unpaired) electrons. The largest absolute Gasteiger partial charge is 0.436 e. The number of hydrogen-bond donors (Lipinski definition) is 0. The molecule has 0 saturated heterocycles. The summed E-state index contributed by atoms with van der Waals surface area (Å²) in [6.45, 7) is 0. The van der Waals surface area contributed by atoms with E-state index in [1.54, 1.807) is 12.1 Å². The smallest absolute Gasteiger partial charge is 0.298 e. The highest BCUT2D eigenvalue weighted by Gasteiger charge is 2.19. The average molecular weight is 355 g/mol. The zero-order chi connectivity index (χ0) is 14.3. The first kappa shape index (κ1) is 13.0. The minimum absolute atomic E-state index is 0.114. The number of pyridine rings is 1. The molecule has 0 unspecified atom stereocenters. The van der Waals surface area contributed by atoms with E-state index >= 15 is 0 Å². The molecule has 2 aromatic heterocycles. The van der Waals surface area contributed by atoms with Crippen LogP contribution in [-0.4, -0.2) is 14.9 Å². The van der Waals surface area contributed by atoms with Crippen LogP contribution in [0.2, 0.25) is 5.15 Å². The topological polar surface area (TPSA) is 82.1 Å². The normalized spacial score (nSPS) is 10.9. The third-order valence-corrected chi connectivity index (χ3v) is 3.37. The molecular weight excluding hydrogens is 350 g/mol. The number of non-ortho nitro benzene ring substituents is 1.